The van der Waals surface area contributed by atoms with E-state index in [1.807, 2.05) is 54.6 Å². The summed E-state index contributed by atoms with van der Waals surface area (Å²) in [5, 5.41) is 29.3. The molecule has 1 atom stereocenters. The highest BCUT2D eigenvalue weighted by atomic mass is 16.3. The van der Waals surface area contributed by atoms with Crippen LogP contribution in [-0.2, 0) is 11.3 Å². The molecule has 0 saturated heterocycles. The molecule has 0 aliphatic carbocycles. The summed E-state index contributed by atoms with van der Waals surface area (Å²) in [6.07, 6.45) is -1.40. The van der Waals surface area contributed by atoms with Gasteiger partial charge in [-0.2, -0.15) is 0 Å². The predicted octanol–water partition coefficient (Wildman–Crippen LogP) is 4.74. The van der Waals surface area contributed by atoms with E-state index in [0.717, 1.165) is 11.1 Å². The number of rotatable bonds is 5. The van der Waals surface area contributed by atoms with Crippen LogP contribution in [0.5, 0.6) is 5.88 Å². The lowest BCUT2D eigenvalue weighted by Gasteiger charge is -2.07. The summed E-state index contributed by atoms with van der Waals surface area (Å²) < 4.78 is 1.72. The van der Waals surface area contributed by atoms with Crippen LogP contribution in [0.1, 0.15) is 17.2 Å². The first-order valence-electron chi connectivity index (χ1n) is 9.18. The molecule has 0 radical (unpaired) electrons. The van der Waals surface area contributed by atoms with Gasteiger partial charge in [-0.15, -0.1) is 10.2 Å². The molecule has 0 aliphatic heterocycles. The molecule has 3 aromatic carbocycles. The van der Waals surface area contributed by atoms with E-state index in [2.05, 4.69) is 10.2 Å². The van der Waals surface area contributed by atoms with E-state index in [0.29, 0.717) is 17.5 Å². The Hall–Kier alpha value is -3.77. The van der Waals surface area contributed by atoms with Crippen LogP contribution in [0, 0.1) is 0 Å². The maximum absolute atomic E-state index is 12.3. The third-order valence-electron chi connectivity index (χ3n) is 4.70. The van der Waals surface area contributed by atoms with Gasteiger partial charge in [-0.3, -0.25) is 4.79 Å². The zero-order valence-electron chi connectivity index (χ0n) is 15.5. The average Bonchev–Trinajstić information content (AvgIpc) is 3.04. The van der Waals surface area contributed by atoms with Gasteiger partial charge in [0.05, 0.1) is 12.1 Å². The van der Waals surface area contributed by atoms with Gasteiger partial charge in [0, 0.05) is 5.39 Å². The Bertz CT molecular complexity index is 1170. The fraction of sp³-hybridized carbons (Fsp3) is 0.0870. The average molecular weight is 385 g/mol. The van der Waals surface area contributed by atoms with E-state index in [-0.39, 0.29) is 11.6 Å². The molecule has 4 aromatic rings. The Morgan fingerprint density at radius 2 is 1.52 bits per heavy atom. The number of nitrogens with zero attached hydrogens (tertiary/aromatic N) is 3. The number of fused-ring (bicyclic) bond motifs is 1. The monoisotopic (exact) mass is 385 g/mol. The van der Waals surface area contributed by atoms with Gasteiger partial charge in [0.1, 0.15) is 0 Å². The van der Waals surface area contributed by atoms with Crippen LogP contribution in [0.15, 0.2) is 95.2 Å². The Morgan fingerprint density at radius 1 is 0.897 bits per heavy atom. The highest BCUT2D eigenvalue weighted by molar-refractivity contribution is 5.95. The third-order valence-corrected chi connectivity index (χ3v) is 4.70. The lowest BCUT2D eigenvalue weighted by Crippen LogP contribution is -2.08. The van der Waals surface area contributed by atoms with Crippen molar-refractivity contribution in [2.24, 2.45) is 10.2 Å². The molecule has 4 rings (SSSR count). The molecule has 6 nitrogen and oxygen atoms in total. The van der Waals surface area contributed by atoms with Gasteiger partial charge in [0.15, 0.2) is 11.8 Å². The number of benzene rings is 3. The van der Waals surface area contributed by atoms with Crippen molar-refractivity contribution in [3.05, 3.63) is 96.1 Å². The van der Waals surface area contributed by atoms with Crippen LogP contribution in [-0.4, -0.2) is 20.7 Å². The number of amides is 1. The summed E-state index contributed by atoms with van der Waals surface area (Å²) in [7, 11) is 0. The first kappa shape index (κ1) is 18.6. The standard InChI is InChI=1S/C23H19N3O3/c27-21(17-11-5-2-6-12-17)22(28)25-24-20-18-13-7-8-14-19(18)26(23(20)29)15-16-9-3-1-4-10-16/h1-14,21,27,29H,15H2/t21-/m0/s1. The van der Waals surface area contributed by atoms with Crippen molar-refractivity contribution in [1.29, 1.82) is 0 Å². The number of carbonyl (C=O) groups is 1. The van der Waals surface area contributed by atoms with Crippen LogP contribution in [0.4, 0.5) is 5.69 Å². The Morgan fingerprint density at radius 3 is 2.24 bits per heavy atom. The quantitative estimate of drug-likeness (QED) is 0.487. The number of aromatic nitrogens is 1. The number of aromatic hydroxyl groups is 1. The normalized spacial score (nSPS) is 12.4. The SMILES string of the molecule is O=C(N=Nc1c(O)n(Cc2ccccc2)c2ccccc12)[C@@H](O)c1ccccc1. The van der Waals surface area contributed by atoms with E-state index < -0.39 is 12.0 Å². The molecule has 2 N–H and O–H groups in total. The second-order valence-corrected chi connectivity index (χ2v) is 6.61. The first-order chi connectivity index (χ1) is 14.1. The molecule has 0 bridgehead atoms. The Balaban J connectivity index is 1.68. The highest BCUT2D eigenvalue weighted by Crippen LogP contribution is 2.39. The van der Waals surface area contributed by atoms with Crippen LogP contribution >= 0.6 is 0 Å². The van der Waals surface area contributed by atoms with Crippen molar-refractivity contribution in [3.8, 4) is 5.88 Å². The second-order valence-electron chi connectivity index (χ2n) is 6.61. The molecule has 1 aromatic heterocycles. The summed E-state index contributed by atoms with van der Waals surface area (Å²) in [5.74, 6) is -0.878. The smallest absolute Gasteiger partial charge is 0.297 e. The third kappa shape index (κ3) is 3.79. The van der Waals surface area contributed by atoms with Crippen molar-refractivity contribution >= 4 is 22.5 Å². The molecule has 6 heteroatoms. The second kappa shape index (κ2) is 8.08. The maximum Gasteiger partial charge on any atom is 0.297 e. The molecular formula is C23H19N3O3. The van der Waals surface area contributed by atoms with Crippen LogP contribution in [0.2, 0.25) is 0 Å². The van der Waals surface area contributed by atoms with Crippen LogP contribution in [0.3, 0.4) is 0 Å². The minimum absolute atomic E-state index is 0.0826. The van der Waals surface area contributed by atoms with Gasteiger partial charge in [0.25, 0.3) is 5.91 Å². The topological polar surface area (TPSA) is 87.2 Å². The first-order valence-corrected chi connectivity index (χ1v) is 9.18. The Labute approximate surface area is 167 Å². The Kier molecular flexibility index (Phi) is 5.18. The number of hydrogen-bond acceptors (Lipinski definition) is 4. The fourth-order valence-corrected chi connectivity index (χ4v) is 3.23. The number of carbonyl (C=O) groups excluding carboxylic acids is 1. The molecule has 1 heterocycles. The number of azo groups is 1. The van der Waals surface area contributed by atoms with Crippen molar-refractivity contribution < 1.29 is 15.0 Å². The van der Waals surface area contributed by atoms with E-state index in [1.54, 1.807) is 34.9 Å². The molecule has 0 saturated carbocycles. The van der Waals surface area contributed by atoms with Gasteiger partial charge in [-0.1, -0.05) is 78.9 Å². The zero-order valence-corrected chi connectivity index (χ0v) is 15.5. The van der Waals surface area contributed by atoms with Crippen molar-refractivity contribution in [2.45, 2.75) is 12.6 Å². The number of aliphatic hydroxyl groups is 1. The molecule has 0 fully saturated rings. The van der Waals surface area contributed by atoms with Gasteiger partial charge >= 0.3 is 0 Å². The lowest BCUT2D eigenvalue weighted by molar-refractivity contribution is -0.126. The number of aliphatic hydroxyl groups excluding tert-OH is 1. The van der Waals surface area contributed by atoms with Crippen molar-refractivity contribution in [3.63, 3.8) is 0 Å². The summed E-state index contributed by atoms with van der Waals surface area (Å²) >= 11 is 0. The summed E-state index contributed by atoms with van der Waals surface area (Å²) in [6.45, 7) is 0.448. The maximum atomic E-state index is 12.3. The van der Waals surface area contributed by atoms with Gasteiger partial charge < -0.3 is 14.8 Å². The number of hydrogen-bond donors (Lipinski definition) is 2. The lowest BCUT2D eigenvalue weighted by atomic mass is 10.1. The minimum atomic E-state index is -1.40. The van der Waals surface area contributed by atoms with E-state index >= 15 is 0 Å². The molecule has 0 unspecified atom stereocenters. The fourth-order valence-electron chi connectivity index (χ4n) is 3.23. The van der Waals surface area contributed by atoms with Crippen LogP contribution < -0.4 is 0 Å². The largest absolute Gasteiger partial charge is 0.493 e. The van der Waals surface area contributed by atoms with E-state index in [1.165, 1.54) is 0 Å². The molecule has 0 spiro atoms. The van der Waals surface area contributed by atoms with Gasteiger partial charge in [0.2, 0.25) is 5.88 Å². The summed E-state index contributed by atoms with van der Waals surface area (Å²) in [5.41, 5.74) is 2.43. The molecule has 0 aliphatic rings. The summed E-state index contributed by atoms with van der Waals surface area (Å²) in [4.78, 5) is 12.3. The van der Waals surface area contributed by atoms with Gasteiger partial charge in [-0.25, -0.2) is 0 Å². The molecular weight excluding hydrogens is 366 g/mol. The molecule has 1 amide bonds. The minimum Gasteiger partial charge on any atom is -0.493 e. The van der Waals surface area contributed by atoms with Gasteiger partial charge in [-0.05, 0) is 17.2 Å². The number of para-hydroxylation sites is 1. The predicted molar refractivity (Wildman–Crippen MR) is 110 cm³/mol. The van der Waals surface area contributed by atoms with E-state index in [4.69, 9.17) is 0 Å². The molecule has 29 heavy (non-hydrogen) atoms. The zero-order chi connectivity index (χ0) is 20.2. The van der Waals surface area contributed by atoms with Crippen molar-refractivity contribution in [1.82, 2.24) is 4.57 Å². The molecule has 144 valence electrons. The summed E-state index contributed by atoms with van der Waals surface area (Å²) in [6, 6.07) is 25.6. The van der Waals surface area contributed by atoms with E-state index in [9.17, 15) is 15.0 Å². The van der Waals surface area contributed by atoms with Crippen molar-refractivity contribution in [2.75, 3.05) is 0 Å². The van der Waals surface area contributed by atoms with Crippen LogP contribution in [0.25, 0.3) is 10.9 Å². The highest BCUT2D eigenvalue weighted by Gasteiger charge is 2.19.